The highest BCUT2D eigenvalue weighted by molar-refractivity contribution is 6.03. The summed E-state index contributed by atoms with van der Waals surface area (Å²) in [4.78, 5) is 24.0. The molecule has 0 saturated carbocycles. The number of aromatic nitrogens is 4. The molecule has 0 unspecified atom stereocenters. The largest absolute Gasteiger partial charge is 0.357 e. The van der Waals surface area contributed by atoms with E-state index >= 15 is 0 Å². The predicted molar refractivity (Wildman–Crippen MR) is 109 cm³/mol. The number of piperidine rings is 1. The molecule has 2 aromatic heterocycles. The SMILES string of the molecule is Cn1nc(C2CCNCC2)nc1NC(=O)c1ccc(N2CCCCCC2)nc1. The van der Waals surface area contributed by atoms with Crippen molar-refractivity contribution in [2.24, 2.45) is 7.05 Å². The zero-order valence-electron chi connectivity index (χ0n) is 16.5. The van der Waals surface area contributed by atoms with Gasteiger partial charge in [0.1, 0.15) is 5.82 Å². The average molecular weight is 384 g/mol. The van der Waals surface area contributed by atoms with Crippen molar-refractivity contribution in [2.75, 3.05) is 36.4 Å². The normalized spacial score (nSPS) is 18.7. The Balaban J connectivity index is 1.41. The van der Waals surface area contributed by atoms with Crippen LogP contribution in [0.15, 0.2) is 18.3 Å². The Bertz CT molecular complexity index is 787. The number of nitrogens with one attached hydrogen (secondary N) is 2. The molecule has 2 saturated heterocycles. The van der Waals surface area contributed by atoms with Crippen LogP contribution in [-0.4, -0.2) is 51.8 Å². The molecule has 0 atom stereocenters. The van der Waals surface area contributed by atoms with Crippen LogP contribution in [0.4, 0.5) is 11.8 Å². The number of rotatable bonds is 4. The number of carbonyl (C=O) groups is 1. The number of amides is 1. The van der Waals surface area contributed by atoms with Gasteiger partial charge in [-0.15, -0.1) is 0 Å². The Labute approximate surface area is 165 Å². The van der Waals surface area contributed by atoms with E-state index in [4.69, 9.17) is 0 Å². The molecular weight excluding hydrogens is 354 g/mol. The predicted octanol–water partition coefficient (Wildman–Crippen LogP) is 2.31. The highest BCUT2D eigenvalue weighted by Crippen LogP contribution is 2.23. The van der Waals surface area contributed by atoms with Crippen molar-refractivity contribution in [3.8, 4) is 0 Å². The van der Waals surface area contributed by atoms with Crippen LogP contribution in [-0.2, 0) is 7.05 Å². The summed E-state index contributed by atoms with van der Waals surface area (Å²) >= 11 is 0. The lowest BCUT2D eigenvalue weighted by molar-refractivity contribution is 0.102. The molecule has 0 radical (unpaired) electrons. The molecule has 8 heteroatoms. The van der Waals surface area contributed by atoms with Crippen molar-refractivity contribution in [3.05, 3.63) is 29.7 Å². The molecule has 4 rings (SSSR count). The number of aryl methyl sites for hydroxylation is 1. The van der Waals surface area contributed by atoms with Gasteiger partial charge in [0.15, 0.2) is 5.82 Å². The topological polar surface area (TPSA) is 88.0 Å². The highest BCUT2D eigenvalue weighted by atomic mass is 16.1. The summed E-state index contributed by atoms with van der Waals surface area (Å²) in [6.07, 6.45) is 8.69. The van der Waals surface area contributed by atoms with Crippen LogP contribution in [0.25, 0.3) is 0 Å². The fourth-order valence-electron chi connectivity index (χ4n) is 3.95. The minimum atomic E-state index is -0.206. The van der Waals surface area contributed by atoms with Gasteiger partial charge in [-0.05, 0) is 50.9 Å². The van der Waals surface area contributed by atoms with E-state index < -0.39 is 0 Å². The minimum absolute atomic E-state index is 0.206. The average Bonchev–Trinajstić information content (AvgIpc) is 2.93. The lowest BCUT2D eigenvalue weighted by Crippen LogP contribution is -2.27. The number of pyridine rings is 1. The first kappa shape index (κ1) is 18.9. The smallest absolute Gasteiger partial charge is 0.259 e. The first-order valence-corrected chi connectivity index (χ1v) is 10.3. The highest BCUT2D eigenvalue weighted by Gasteiger charge is 2.21. The van der Waals surface area contributed by atoms with E-state index in [2.05, 4.69) is 30.6 Å². The van der Waals surface area contributed by atoms with Crippen LogP contribution in [0.3, 0.4) is 0 Å². The van der Waals surface area contributed by atoms with Crippen molar-refractivity contribution in [3.63, 3.8) is 0 Å². The maximum absolute atomic E-state index is 12.6. The van der Waals surface area contributed by atoms with Gasteiger partial charge in [0.2, 0.25) is 5.95 Å². The van der Waals surface area contributed by atoms with Crippen LogP contribution in [0.1, 0.15) is 60.6 Å². The molecule has 0 bridgehead atoms. The number of nitrogens with zero attached hydrogens (tertiary/aromatic N) is 5. The zero-order chi connectivity index (χ0) is 19.3. The van der Waals surface area contributed by atoms with Crippen LogP contribution < -0.4 is 15.5 Å². The van der Waals surface area contributed by atoms with Gasteiger partial charge in [-0.25, -0.2) is 9.67 Å². The molecule has 0 aromatic carbocycles. The lowest BCUT2D eigenvalue weighted by Gasteiger charge is -2.21. The molecule has 8 nitrogen and oxygen atoms in total. The quantitative estimate of drug-likeness (QED) is 0.842. The number of hydrogen-bond acceptors (Lipinski definition) is 6. The first-order valence-electron chi connectivity index (χ1n) is 10.3. The van der Waals surface area contributed by atoms with Gasteiger partial charge in [0.05, 0.1) is 5.56 Å². The summed E-state index contributed by atoms with van der Waals surface area (Å²) < 4.78 is 1.65. The summed E-state index contributed by atoms with van der Waals surface area (Å²) in [7, 11) is 1.81. The molecule has 2 aromatic rings. The van der Waals surface area contributed by atoms with Gasteiger partial charge < -0.3 is 10.2 Å². The molecule has 2 fully saturated rings. The second-order valence-electron chi connectivity index (χ2n) is 7.70. The summed E-state index contributed by atoms with van der Waals surface area (Å²) in [5, 5.41) is 10.7. The van der Waals surface area contributed by atoms with Gasteiger partial charge in [-0.3, -0.25) is 10.1 Å². The monoisotopic (exact) mass is 383 g/mol. The second-order valence-corrected chi connectivity index (χ2v) is 7.70. The van der Waals surface area contributed by atoms with E-state index in [0.717, 1.165) is 50.7 Å². The van der Waals surface area contributed by atoms with Gasteiger partial charge in [-0.2, -0.15) is 10.1 Å². The molecule has 2 aliphatic rings. The molecule has 2 aliphatic heterocycles. The molecule has 0 aliphatic carbocycles. The molecular formula is C20H29N7O. The van der Waals surface area contributed by atoms with Crippen LogP contribution in [0.2, 0.25) is 0 Å². The molecule has 0 spiro atoms. The van der Waals surface area contributed by atoms with Crippen molar-refractivity contribution >= 4 is 17.7 Å². The maximum atomic E-state index is 12.6. The van der Waals surface area contributed by atoms with E-state index in [1.807, 2.05) is 19.2 Å². The third kappa shape index (κ3) is 4.32. The van der Waals surface area contributed by atoms with Crippen molar-refractivity contribution in [2.45, 2.75) is 44.4 Å². The van der Waals surface area contributed by atoms with Crippen LogP contribution in [0, 0.1) is 0 Å². The first-order chi connectivity index (χ1) is 13.7. The summed E-state index contributed by atoms with van der Waals surface area (Å²) in [5.41, 5.74) is 0.532. The Morgan fingerprint density at radius 2 is 1.89 bits per heavy atom. The molecule has 1 amide bonds. The van der Waals surface area contributed by atoms with Crippen molar-refractivity contribution in [1.29, 1.82) is 0 Å². The number of anilines is 2. The van der Waals surface area contributed by atoms with Crippen LogP contribution in [0.5, 0.6) is 0 Å². The number of carbonyl (C=O) groups excluding carboxylic acids is 1. The van der Waals surface area contributed by atoms with Gasteiger partial charge in [0.25, 0.3) is 5.91 Å². The Hall–Kier alpha value is -2.48. The lowest BCUT2D eigenvalue weighted by atomic mass is 9.98. The third-order valence-corrected chi connectivity index (χ3v) is 5.65. The van der Waals surface area contributed by atoms with E-state index in [9.17, 15) is 4.79 Å². The summed E-state index contributed by atoms with van der Waals surface area (Å²) in [5.74, 6) is 2.39. The van der Waals surface area contributed by atoms with E-state index in [0.29, 0.717) is 17.4 Å². The molecule has 2 N–H and O–H groups in total. The second kappa shape index (κ2) is 8.68. The fraction of sp³-hybridized carbons (Fsp3) is 0.600. The Morgan fingerprint density at radius 3 is 2.57 bits per heavy atom. The van der Waals surface area contributed by atoms with E-state index in [-0.39, 0.29) is 5.91 Å². The van der Waals surface area contributed by atoms with Gasteiger partial charge in [-0.1, -0.05) is 12.8 Å². The maximum Gasteiger partial charge on any atom is 0.259 e. The van der Waals surface area contributed by atoms with Crippen molar-refractivity contribution in [1.82, 2.24) is 25.1 Å². The van der Waals surface area contributed by atoms with Gasteiger partial charge >= 0.3 is 0 Å². The summed E-state index contributed by atoms with van der Waals surface area (Å²) in [6, 6.07) is 3.78. The Morgan fingerprint density at radius 1 is 1.14 bits per heavy atom. The van der Waals surface area contributed by atoms with Gasteiger partial charge in [0, 0.05) is 32.3 Å². The summed E-state index contributed by atoms with van der Waals surface area (Å²) in [6.45, 7) is 4.05. The van der Waals surface area contributed by atoms with E-state index in [1.54, 1.807) is 10.9 Å². The standard InChI is InChI=1S/C20H29N7O/c1-26-20(23-18(25-26)15-8-10-21-11-9-15)24-19(28)16-6-7-17(22-14-16)27-12-4-2-3-5-13-27/h6-7,14-15,21H,2-5,8-13H2,1H3,(H,23,24,25,28). The molecule has 4 heterocycles. The molecule has 150 valence electrons. The Kier molecular flexibility index (Phi) is 5.85. The molecule has 28 heavy (non-hydrogen) atoms. The third-order valence-electron chi connectivity index (χ3n) is 5.65. The number of hydrogen-bond donors (Lipinski definition) is 2. The zero-order valence-corrected chi connectivity index (χ0v) is 16.5. The van der Waals surface area contributed by atoms with Crippen LogP contribution >= 0.6 is 0 Å². The van der Waals surface area contributed by atoms with Crippen molar-refractivity contribution < 1.29 is 4.79 Å². The minimum Gasteiger partial charge on any atom is -0.357 e. The fourth-order valence-corrected chi connectivity index (χ4v) is 3.95. The van der Waals surface area contributed by atoms with E-state index in [1.165, 1.54) is 25.7 Å².